The van der Waals surface area contributed by atoms with Gasteiger partial charge in [0.15, 0.2) is 17.5 Å². The number of benzene rings is 11. The van der Waals surface area contributed by atoms with Crippen LogP contribution in [0, 0.1) is 0 Å². The molecule has 0 N–H and O–H groups in total. The van der Waals surface area contributed by atoms with Gasteiger partial charge in [0.05, 0.1) is 16.7 Å². The fraction of sp³-hybridized carbons (Fsp3) is 0. The molecule has 0 unspecified atom stereocenters. The highest BCUT2D eigenvalue weighted by Gasteiger charge is 2.24. The van der Waals surface area contributed by atoms with E-state index in [0.29, 0.717) is 17.5 Å². The summed E-state index contributed by atoms with van der Waals surface area (Å²) in [5.74, 6) is 1.88. The van der Waals surface area contributed by atoms with E-state index in [1.165, 1.54) is 37.9 Å². The largest absolute Gasteiger partial charge is 0.308 e. The zero-order chi connectivity index (χ0) is 42.8. The molecule has 0 radical (unpaired) electrons. The van der Waals surface area contributed by atoms with Gasteiger partial charge in [0.1, 0.15) is 0 Å². The van der Waals surface area contributed by atoms with E-state index in [9.17, 15) is 0 Å². The Kier molecular flexibility index (Phi) is 8.50. The van der Waals surface area contributed by atoms with E-state index in [1.807, 2.05) is 18.2 Å². The summed E-state index contributed by atoms with van der Waals surface area (Å²) in [6.07, 6.45) is 0. The van der Waals surface area contributed by atoms with E-state index < -0.39 is 0 Å². The molecule has 4 heteroatoms. The van der Waals surface area contributed by atoms with Crippen LogP contribution < -0.4 is 0 Å². The van der Waals surface area contributed by atoms with Gasteiger partial charge in [-0.25, -0.2) is 15.0 Å². The first-order chi connectivity index (χ1) is 32.2. The molecule has 0 atom stereocenters. The van der Waals surface area contributed by atoms with Crippen molar-refractivity contribution in [1.29, 1.82) is 0 Å². The lowest BCUT2D eigenvalue weighted by atomic mass is 9.92. The Labute approximate surface area is 375 Å². The summed E-state index contributed by atoms with van der Waals surface area (Å²) >= 11 is 0. The van der Waals surface area contributed by atoms with Crippen LogP contribution in [-0.2, 0) is 0 Å². The molecule has 0 spiro atoms. The molecule has 0 aliphatic carbocycles. The van der Waals surface area contributed by atoms with Crippen molar-refractivity contribution in [3.05, 3.63) is 231 Å². The average molecular weight is 827 g/mol. The van der Waals surface area contributed by atoms with E-state index in [0.717, 1.165) is 71.6 Å². The van der Waals surface area contributed by atoms with E-state index in [4.69, 9.17) is 15.0 Å². The highest BCUT2D eigenvalue weighted by Crippen LogP contribution is 2.45. The van der Waals surface area contributed by atoms with Crippen LogP contribution in [0.25, 0.3) is 127 Å². The molecule has 0 bridgehead atoms. The smallest absolute Gasteiger partial charge is 0.164 e. The molecule has 0 fully saturated rings. The van der Waals surface area contributed by atoms with Gasteiger partial charge in [-0.1, -0.05) is 200 Å². The monoisotopic (exact) mass is 826 g/mol. The Morgan fingerprint density at radius 1 is 0.246 bits per heavy atom. The highest BCUT2D eigenvalue weighted by molar-refractivity contribution is 6.19. The van der Waals surface area contributed by atoms with Gasteiger partial charge >= 0.3 is 0 Å². The number of fused-ring (bicyclic) bond motifs is 7. The van der Waals surface area contributed by atoms with Crippen LogP contribution in [0.4, 0.5) is 0 Å². The second-order valence-corrected chi connectivity index (χ2v) is 16.8. The van der Waals surface area contributed by atoms with Crippen LogP contribution in [0.3, 0.4) is 0 Å². The first kappa shape index (κ1) is 36.9. The zero-order valence-electron chi connectivity index (χ0n) is 35.2. The maximum absolute atomic E-state index is 5.42. The Balaban J connectivity index is 1.15. The molecule has 13 rings (SSSR count). The van der Waals surface area contributed by atoms with Crippen LogP contribution in [0.15, 0.2) is 231 Å². The van der Waals surface area contributed by atoms with Crippen molar-refractivity contribution in [2.75, 3.05) is 0 Å². The lowest BCUT2D eigenvalue weighted by molar-refractivity contribution is 1.08. The first-order valence-electron chi connectivity index (χ1n) is 22.1. The third-order valence-electron chi connectivity index (χ3n) is 13.0. The van der Waals surface area contributed by atoms with Crippen molar-refractivity contribution >= 4 is 64.9 Å². The Morgan fingerprint density at radius 3 is 1.32 bits per heavy atom. The Hall–Kier alpha value is -8.73. The zero-order valence-corrected chi connectivity index (χ0v) is 35.2. The molecule has 2 heterocycles. The summed E-state index contributed by atoms with van der Waals surface area (Å²) in [4.78, 5) is 16.0. The summed E-state index contributed by atoms with van der Waals surface area (Å²) in [5.41, 5.74) is 10.7. The molecule has 0 saturated heterocycles. The molecule has 302 valence electrons. The lowest BCUT2D eigenvalue weighted by Crippen LogP contribution is -2.04. The quantitative estimate of drug-likeness (QED) is 0.168. The van der Waals surface area contributed by atoms with Gasteiger partial charge in [-0.3, -0.25) is 0 Å². The van der Waals surface area contributed by atoms with Crippen molar-refractivity contribution in [3.8, 4) is 62.1 Å². The maximum Gasteiger partial charge on any atom is 0.164 e. The van der Waals surface area contributed by atoms with Crippen LogP contribution in [0.2, 0.25) is 0 Å². The van der Waals surface area contributed by atoms with Gasteiger partial charge in [0, 0.05) is 38.4 Å². The predicted molar refractivity (Wildman–Crippen MR) is 271 cm³/mol. The maximum atomic E-state index is 5.42. The molecule has 0 amide bonds. The van der Waals surface area contributed by atoms with Crippen LogP contribution in [0.1, 0.15) is 0 Å². The average Bonchev–Trinajstić information content (AvgIpc) is 3.68. The Morgan fingerprint density at radius 2 is 0.692 bits per heavy atom. The molecule has 0 aliphatic heterocycles. The number of hydrogen-bond donors (Lipinski definition) is 0. The number of nitrogens with zero attached hydrogens (tertiary/aromatic N) is 4. The fourth-order valence-corrected chi connectivity index (χ4v) is 9.86. The summed E-state index contributed by atoms with van der Waals surface area (Å²) in [7, 11) is 0. The lowest BCUT2D eigenvalue weighted by Gasteiger charge is -2.20. The topological polar surface area (TPSA) is 43.6 Å². The molecule has 65 heavy (non-hydrogen) atoms. The van der Waals surface area contributed by atoms with Gasteiger partial charge in [-0.15, -0.1) is 0 Å². The van der Waals surface area contributed by atoms with E-state index >= 15 is 0 Å². The second kappa shape index (κ2) is 15.0. The molecule has 2 aromatic heterocycles. The minimum atomic E-state index is 0.617. The first-order valence-corrected chi connectivity index (χ1v) is 22.1. The molecule has 13 aromatic rings. The van der Waals surface area contributed by atoms with Crippen LogP contribution >= 0.6 is 0 Å². The van der Waals surface area contributed by atoms with Crippen molar-refractivity contribution in [2.24, 2.45) is 0 Å². The number of rotatable bonds is 6. The third-order valence-corrected chi connectivity index (χ3v) is 13.0. The number of hydrogen-bond acceptors (Lipinski definition) is 3. The third kappa shape index (κ3) is 6.18. The minimum Gasteiger partial charge on any atom is -0.308 e. The normalized spacial score (nSPS) is 11.7. The second-order valence-electron chi connectivity index (χ2n) is 16.8. The van der Waals surface area contributed by atoms with Gasteiger partial charge < -0.3 is 4.57 Å². The summed E-state index contributed by atoms with van der Waals surface area (Å²) in [6.45, 7) is 0. The minimum absolute atomic E-state index is 0.617. The van der Waals surface area contributed by atoms with E-state index in [-0.39, 0.29) is 0 Å². The molecule has 0 saturated carbocycles. The summed E-state index contributed by atoms with van der Waals surface area (Å²) in [6, 6.07) is 82.6. The van der Waals surface area contributed by atoms with Gasteiger partial charge in [0.2, 0.25) is 0 Å². The molecule has 0 aliphatic rings. The van der Waals surface area contributed by atoms with Gasteiger partial charge in [-0.05, 0) is 84.7 Å². The fourth-order valence-electron chi connectivity index (χ4n) is 9.86. The van der Waals surface area contributed by atoms with Gasteiger partial charge in [-0.2, -0.15) is 0 Å². The Bertz CT molecular complexity index is 3890. The van der Waals surface area contributed by atoms with Crippen molar-refractivity contribution in [1.82, 2.24) is 19.5 Å². The molecular weight excluding hydrogens is 789 g/mol. The van der Waals surface area contributed by atoms with Crippen molar-refractivity contribution < 1.29 is 0 Å². The standard InChI is InChI=1S/C61H38N4/c1-3-16-39(17-4-1)40-30-32-42(33-31-40)52-38-55(61-63-59(43-19-5-2-6-20-43)62-60(64-61)51-29-15-25-41-18-11-12-26-48(41)51)49-27-13-14-28-50(49)58(52)65-56-36-46-23-9-7-21-44(46)34-53(56)54-35-45-22-8-10-24-47(45)37-57(54)65/h1-38H. The SMILES string of the molecule is c1ccc(-c2ccc(-c3cc(-c4nc(-c5ccccc5)nc(-c5cccc6ccccc56)n4)c4ccccc4c3-n3c4cc5ccccc5cc4c4cc5ccccc5cc43)cc2)cc1. The van der Waals surface area contributed by atoms with Crippen molar-refractivity contribution in [3.63, 3.8) is 0 Å². The summed E-state index contributed by atoms with van der Waals surface area (Å²) < 4.78 is 2.51. The van der Waals surface area contributed by atoms with E-state index in [2.05, 4.69) is 217 Å². The van der Waals surface area contributed by atoms with Crippen LogP contribution in [0.5, 0.6) is 0 Å². The predicted octanol–water partition coefficient (Wildman–Crippen LogP) is 15.9. The molecule has 11 aromatic carbocycles. The van der Waals surface area contributed by atoms with Crippen LogP contribution in [-0.4, -0.2) is 19.5 Å². The van der Waals surface area contributed by atoms with Gasteiger partial charge in [0.25, 0.3) is 0 Å². The molecular formula is C61H38N4. The van der Waals surface area contributed by atoms with Crippen molar-refractivity contribution in [2.45, 2.75) is 0 Å². The highest BCUT2D eigenvalue weighted by atomic mass is 15.0. The number of aromatic nitrogens is 4. The summed E-state index contributed by atoms with van der Waals surface area (Å²) in [5, 5.41) is 11.6. The van der Waals surface area contributed by atoms with E-state index in [1.54, 1.807) is 0 Å². The molecule has 4 nitrogen and oxygen atoms in total.